The Labute approximate surface area is 151 Å². The summed E-state index contributed by atoms with van der Waals surface area (Å²) in [6.45, 7) is 6.32. The van der Waals surface area contributed by atoms with Gasteiger partial charge in [0.1, 0.15) is 5.60 Å². The van der Waals surface area contributed by atoms with Gasteiger partial charge in [-0.15, -0.1) is 0 Å². The van der Waals surface area contributed by atoms with Gasteiger partial charge in [0, 0.05) is 18.9 Å². The number of aliphatic hydroxyl groups excluding tert-OH is 1. The van der Waals surface area contributed by atoms with Gasteiger partial charge in [-0.25, -0.2) is 0 Å². The lowest BCUT2D eigenvalue weighted by atomic mass is 9.96. The maximum absolute atomic E-state index is 12.7. The van der Waals surface area contributed by atoms with E-state index < -0.39 is 23.8 Å². The summed E-state index contributed by atoms with van der Waals surface area (Å²) in [5.74, 6) is -0.432. The third-order valence-electron chi connectivity index (χ3n) is 5.28. The predicted octanol–water partition coefficient (Wildman–Crippen LogP) is 3.08. The summed E-state index contributed by atoms with van der Waals surface area (Å²) in [7, 11) is 0. The summed E-state index contributed by atoms with van der Waals surface area (Å²) < 4.78 is 5.22. The predicted molar refractivity (Wildman–Crippen MR) is 95.7 cm³/mol. The average Bonchev–Trinajstić information content (AvgIpc) is 2.98. The van der Waals surface area contributed by atoms with Crippen molar-refractivity contribution in [1.82, 2.24) is 5.32 Å². The van der Waals surface area contributed by atoms with Crippen LogP contribution < -0.4 is 5.32 Å². The number of hydrogen-bond donors (Lipinski definition) is 2. The molecule has 1 saturated heterocycles. The van der Waals surface area contributed by atoms with Crippen LogP contribution in [0.1, 0.15) is 78.6 Å². The van der Waals surface area contributed by atoms with Crippen molar-refractivity contribution in [2.75, 3.05) is 13.1 Å². The zero-order chi connectivity index (χ0) is 18.5. The number of nitrogens with zero attached hydrogens (tertiary/aromatic N) is 1. The fourth-order valence-corrected chi connectivity index (χ4v) is 3.88. The zero-order valence-corrected chi connectivity index (χ0v) is 16.1. The highest BCUT2D eigenvalue weighted by Crippen LogP contribution is 2.27. The van der Waals surface area contributed by atoms with E-state index in [0.717, 1.165) is 38.5 Å². The molecule has 25 heavy (non-hydrogen) atoms. The molecular formula is C19H35N2O4+. The Morgan fingerprint density at radius 2 is 1.52 bits per heavy atom. The van der Waals surface area contributed by atoms with Crippen LogP contribution >= 0.6 is 0 Å². The largest absolute Gasteiger partial charge is 0.519 e. The molecule has 2 rings (SSSR count). The third kappa shape index (κ3) is 5.42. The first-order valence-electron chi connectivity index (χ1n) is 9.83. The van der Waals surface area contributed by atoms with E-state index in [2.05, 4.69) is 5.32 Å². The monoisotopic (exact) mass is 355 g/mol. The van der Waals surface area contributed by atoms with Crippen molar-refractivity contribution < 1.29 is 23.9 Å². The third-order valence-corrected chi connectivity index (χ3v) is 5.28. The fourth-order valence-electron chi connectivity index (χ4n) is 3.88. The molecule has 0 aromatic rings. The number of likely N-dealkylation sites (tertiary alicyclic amines) is 1. The lowest BCUT2D eigenvalue weighted by Gasteiger charge is -2.36. The van der Waals surface area contributed by atoms with Crippen LogP contribution in [0.25, 0.3) is 0 Å². The Kier molecular flexibility index (Phi) is 6.86. The minimum atomic E-state index is -1.39. The van der Waals surface area contributed by atoms with E-state index in [1.807, 2.05) is 0 Å². The fraction of sp³-hybridized carbons (Fsp3) is 0.895. The molecule has 1 heterocycles. The van der Waals surface area contributed by atoms with Crippen molar-refractivity contribution in [3.8, 4) is 0 Å². The van der Waals surface area contributed by atoms with Crippen LogP contribution in [0.2, 0.25) is 0 Å². The van der Waals surface area contributed by atoms with Gasteiger partial charge in [-0.2, -0.15) is 9.28 Å². The zero-order valence-electron chi connectivity index (χ0n) is 16.1. The number of ether oxygens (including phenoxy) is 1. The number of rotatable bonds is 3. The number of hydrogen-bond acceptors (Lipinski definition) is 4. The van der Waals surface area contributed by atoms with E-state index in [0.29, 0.717) is 13.1 Å². The van der Waals surface area contributed by atoms with Gasteiger partial charge in [0.25, 0.3) is 6.23 Å². The van der Waals surface area contributed by atoms with E-state index in [4.69, 9.17) is 4.74 Å². The van der Waals surface area contributed by atoms with Crippen molar-refractivity contribution in [2.24, 2.45) is 0 Å². The Morgan fingerprint density at radius 1 is 1.00 bits per heavy atom. The lowest BCUT2D eigenvalue weighted by molar-refractivity contribution is -0.884. The highest BCUT2D eigenvalue weighted by atomic mass is 16.6. The van der Waals surface area contributed by atoms with Crippen molar-refractivity contribution in [2.45, 2.75) is 96.4 Å². The molecule has 1 aliphatic carbocycles. The molecule has 0 aromatic heterocycles. The maximum atomic E-state index is 12.7. The van der Waals surface area contributed by atoms with Crippen LogP contribution in [0.4, 0.5) is 4.79 Å². The Balaban J connectivity index is 2.04. The number of quaternary nitrogens is 1. The van der Waals surface area contributed by atoms with E-state index in [9.17, 15) is 14.7 Å². The summed E-state index contributed by atoms with van der Waals surface area (Å²) in [4.78, 5) is 25.4. The average molecular weight is 355 g/mol. The van der Waals surface area contributed by atoms with Gasteiger partial charge in [-0.3, -0.25) is 4.79 Å². The normalized spacial score (nSPS) is 23.4. The second-order valence-corrected chi connectivity index (χ2v) is 8.59. The summed E-state index contributed by atoms with van der Waals surface area (Å²) >= 11 is 0. The quantitative estimate of drug-likeness (QED) is 0.763. The van der Waals surface area contributed by atoms with Crippen LogP contribution in [0.5, 0.6) is 0 Å². The standard InChI is InChI=1S/C19H34N2O4/c1-19(2,3)25-18(24)21(13-9-10-14-21)17(23)16(22)20-15-11-7-5-4-6-8-12-15/h15,17,23H,4-14H2,1-3H3/p+1. The summed E-state index contributed by atoms with van der Waals surface area (Å²) in [5.41, 5.74) is -0.638. The lowest BCUT2D eigenvalue weighted by Crippen LogP contribution is -2.64. The number of carbonyl (C=O) groups is 2. The Bertz CT molecular complexity index is 459. The van der Waals surface area contributed by atoms with Crippen LogP contribution in [-0.2, 0) is 9.53 Å². The van der Waals surface area contributed by atoms with Crippen molar-refractivity contribution in [3.63, 3.8) is 0 Å². The van der Waals surface area contributed by atoms with Crippen molar-refractivity contribution in [3.05, 3.63) is 0 Å². The molecule has 0 radical (unpaired) electrons. The van der Waals surface area contributed by atoms with Gasteiger partial charge < -0.3 is 15.2 Å². The molecule has 0 spiro atoms. The van der Waals surface area contributed by atoms with Gasteiger partial charge in [-0.05, 0) is 33.6 Å². The Hall–Kier alpha value is -1.14. The minimum Gasteiger partial charge on any atom is -0.414 e. The smallest absolute Gasteiger partial charge is 0.414 e. The number of nitrogens with one attached hydrogen (secondary N) is 1. The van der Waals surface area contributed by atoms with Crippen LogP contribution in [0.3, 0.4) is 0 Å². The molecule has 1 unspecified atom stereocenters. The molecular weight excluding hydrogens is 320 g/mol. The summed E-state index contributed by atoms with van der Waals surface area (Å²) in [5, 5.41) is 13.7. The van der Waals surface area contributed by atoms with Gasteiger partial charge >= 0.3 is 12.0 Å². The second-order valence-electron chi connectivity index (χ2n) is 8.59. The van der Waals surface area contributed by atoms with E-state index in [1.165, 1.54) is 19.3 Å². The molecule has 0 bridgehead atoms. The molecule has 1 aliphatic heterocycles. The van der Waals surface area contributed by atoms with Gasteiger partial charge in [-0.1, -0.05) is 32.1 Å². The van der Waals surface area contributed by atoms with Gasteiger partial charge in [0.05, 0.1) is 13.1 Å². The first-order valence-corrected chi connectivity index (χ1v) is 9.83. The molecule has 144 valence electrons. The minimum absolute atomic E-state index is 0.101. The summed E-state index contributed by atoms with van der Waals surface area (Å²) in [6, 6.07) is 0.101. The first kappa shape index (κ1) is 20.2. The van der Waals surface area contributed by atoms with Gasteiger partial charge in [0.15, 0.2) is 0 Å². The van der Waals surface area contributed by atoms with E-state index >= 15 is 0 Å². The molecule has 6 heteroatoms. The molecule has 2 amide bonds. The second kappa shape index (κ2) is 8.49. The topological polar surface area (TPSA) is 75.6 Å². The molecule has 6 nitrogen and oxygen atoms in total. The van der Waals surface area contributed by atoms with Crippen LogP contribution in [0.15, 0.2) is 0 Å². The van der Waals surface area contributed by atoms with Crippen molar-refractivity contribution >= 4 is 12.0 Å². The number of amides is 2. The molecule has 1 atom stereocenters. The Morgan fingerprint density at radius 3 is 2.04 bits per heavy atom. The highest BCUT2D eigenvalue weighted by Gasteiger charge is 2.52. The molecule has 2 aliphatic rings. The number of aliphatic hydroxyl groups is 1. The number of carbonyl (C=O) groups excluding carboxylic acids is 2. The highest BCUT2D eigenvalue weighted by molar-refractivity contribution is 5.81. The first-order chi connectivity index (χ1) is 11.7. The van der Waals surface area contributed by atoms with Crippen molar-refractivity contribution in [1.29, 1.82) is 0 Å². The molecule has 1 saturated carbocycles. The van der Waals surface area contributed by atoms with Gasteiger partial charge in [0.2, 0.25) is 0 Å². The maximum Gasteiger partial charge on any atom is 0.519 e. The molecule has 2 fully saturated rings. The SMILES string of the molecule is CC(C)(C)OC(=O)[N+]1(C(O)C(=O)NC2CCCCCCC2)CCCC1. The van der Waals surface area contributed by atoms with E-state index in [1.54, 1.807) is 20.8 Å². The summed E-state index contributed by atoms with van der Waals surface area (Å²) in [6.07, 6.45) is 7.52. The molecule has 2 N–H and O–H groups in total. The van der Waals surface area contributed by atoms with Crippen LogP contribution in [0, 0.1) is 0 Å². The molecule has 0 aromatic carbocycles. The van der Waals surface area contributed by atoms with E-state index in [-0.39, 0.29) is 10.5 Å². The van der Waals surface area contributed by atoms with Crippen LogP contribution in [-0.4, -0.2) is 52.6 Å².